The smallest absolute Gasteiger partial charge is 0.0615 e. The molecule has 0 rings (SSSR count). The Kier molecular flexibility index (Phi) is 9.62. The molecule has 0 fully saturated rings. The normalized spacial score (nSPS) is 16.9. The third-order valence-corrected chi connectivity index (χ3v) is 3.87. The number of methoxy groups -OCH3 is 2. The molecule has 4 nitrogen and oxygen atoms in total. The van der Waals surface area contributed by atoms with Gasteiger partial charge in [-0.1, -0.05) is 13.8 Å². The zero-order valence-corrected chi connectivity index (χ0v) is 13.7. The van der Waals surface area contributed by atoms with Gasteiger partial charge in [0, 0.05) is 38.9 Å². The summed E-state index contributed by atoms with van der Waals surface area (Å²) in [5.74, 6) is 0.702. The molecule has 0 aromatic heterocycles. The van der Waals surface area contributed by atoms with Crippen molar-refractivity contribution in [2.75, 3.05) is 40.5 Å². The molecule has 0 aromatic rings. The zero-order valence-electron chi connectivity index (χ0n) is 13.7. The summed E-state index contributed by atoms with van der Waals surface area (Å²) >= 11 is 0. The van der Waals surface area contributed by atoms with Crippen LogP contribution in [0.2, 0.25) is 0 Å². The summed E-state index contributed by atoms with van der Waals surface area (Å²) in [4.78, 5) is 2.45. The Bertz CT molecular complexity index is 224. The van der Waals surface area contributed by atoms with Crippen molar-refractivity contribution in [3.63, 3.8) is 0 Å². The summed E-state index contributed by atoms with van der Waals surface area (Å²) in [6.45, 7) is 12.0. The highest BCUT2D eigenvalue weighted by molar-refractivity contribution is 4.90. The van der Waals surface area contributed by atoms with Crippen molar-refractivity contribution in [2.24, 2.45) is 11.7 Å². The maximum atomic E-state index is 6.08. The molecule has 19 heavy (non-hydrogen) atoms. The first-order valence-electron chi connectivity index (χ1n) is 7.36. The molecular weight excluding hydrogens is 240 g/mol. The minimum absolute atomic E-state index is 0.0146. The molecule has 0 amide bonds. The van der Waals surface area contributed by atoms with Crippen LogP contribution in [-0.4, -0.2) is 57.0 Å². The van der Waals surface area contributed by atoms with Crippen LogP contribution in [0.15, 0.2) is 0 Å². The average Bonchev–Trinajstić information content (AvgIpc) is 2.37. The van der Waals surface area contributed by atoms with Crippen molar-refractivity contribution in [1.82, 2.24) is 4.90 Å². The fourth-order valence-corrected chi connectivity index (χ4v) is 2.51. The highest BCUT2D eigenvalue weighted by atomic mass is 16.5. The highest BCUT2D eigenvalue weighted by Gasteiger charge is 2.33. The number of rotatable bonds is 11. The van der Waals surface area contributed by atoms with Gasteiger partial charge in [0.05, 0.1) is 13.2 Å². The molecule has 2 unspecified atom stereocenters. The van der Waals surface area contributed by atoms with Gasteiger partial charge in [0.25, 0.3) is 0 Å². The van der Waals surface area contributed by atoms with Crippen molar-refractivity contribution >= 4 is 0 Å². The SMILES string of the molecule is COCCN(C(C)COC)C(C)(CN)CCC(C)C. The van der Waals surface area contributed by atoms with Crippen molar-refractivity contribution in [3.8, 4) is 0 Å². The first kappa shape index (κ1) is 18.8. The second-order valence-electron chi connectivity index (χ2n) is 6.12. The Morgan fingerprint density at radius 3 is 2.21 bits per heavy atom. The van der Waals surface area contributed by atoms with Gasteiger partial charge < -0.3 is 15.2 Å². The molecular formula is C15H34N2O2. The van der Waals surface area contributed by atoms with Gasteiger partial charge in [-0.15, -0.1) is 0 Å². The zero-order chi connectivity index (χ0) is 14.9. The molecule has 2 atom stereocenters. The molecule has 0 heterocycles. The van der Waals surface area contributed by atoms with Crippen LogP contribution in [-0.2, 0) is 9.47 Å². The summed E-state index contributed by atoms with van der Waals surface area (Å²) in [5.41, 5.74) is 6.09. The Labute approximate surface area is 119 Å². The summed E-state index contributed by atoms with van der Waals surface area (Å²) in [6, 6.07) is 0.348. The van der Waals surface area contributed by atoms with Crippen LogP contribution in [0.4, 0.5) is 0 Å². The molecule has 0 aliphatic rings. The van der Waals surface area contributed by atoms with E-state index in [-0.39, 0.29) is 5.54 Å². The number of hydrogen-bond acceptors (Lipinski definition) is 4. The Morgan fingerprint density at radius 2 is 1.79 bits per heavy atom. The number of ether oxygens (including phenoxy) is 2. The van der Waals surface area contributed by atoms with E-state index in [9.17, 15) is 0 Å². The Hall–Kier alpha value is -0.160. The van der Waals surface area contributed by atoms with Crippen molar-refractivity contribution in [3.05, 3.63) is 0 Å². The summed E-state index contributed by atoms with van der Waals surface area (Å²) in [6.07, 6.45) is 2.30. The highest BCUT2D eigenvalue weighted by Crippen LogP contribution is 2.25. The van der Waals surface area contributed by atoms with Gasteiger partial charge >= 0.3 is 0 Å². The minimum atomic E-state index is 0.0146. The molecule has 116 valence electrons. The molecule has 0 spiro atoms. The molecule has 0 aliphatic heterocycles. The molecule has 0 saturated carbocycles. The van der Waals surface area contributed by atoms with E-state index in [1.807, 2.05) is 0 Å². The van der Waals surface area contributed by atoms with Gasteiger partial charge in [-0.3, -0.25) is 4.90 Å². The van der Waals surface area contributed by atoms with E-state index in [1.165, 1.54) is 6.42 Å². The minimum Gasteiger partial charge on any atom is -0.383 e. The molecule has 0 bridgehead atoms. The second-order valence-corrected chi connectivity index (χ2v) is 6.12. The van der Waals surface area contributed by atoms with Crippen LogP contribution < -0.4 is 5.73 Å². The van der Waals surface area contributed by atoms with Crippen LogP contribution in [0.25, 0.3) is 0 Å². The topological polar surface area (TPSA) is 47.7 Å². The first-order valence-corrected chi connectivity index (χ1v) is 7.36. The standard InChI is InChI=1S/C15H34N2O2/c1-13(2)7-8-15(4,12-16)17(9-10-18-5)14(3)11-19-6/h13-14H,7-12,16H2,1-6H3. The van der Waals surface area contributed by atoms with Gasteiger partial charge in [-0.25, -0.2) is 0 Å². The summed E-state index contributed by atoms with van der Waals surface area (Å²) in [7, 11) is 3.49. The monoisotopic (exact) mass is 274 g/mol. The maximum Gasteiger partial charge on any atom is 0.0615 e. The van der Waals surface area contributed by atoms with E-state index in [4.69, 9.17) is 15.2 Å². The lowest BCUT2D eigenvalue weighted by molar-refractivity contribution is 0.00150. The molecule has 2 N–H and O–H groups in total. The van der Waals surface area contributed by atoms with Gasteiger partial charge in [-0.05, 0) is 32.6 Å². The van der Waals surface area contributed by atoms with E-state index < -0.39 is 0 Å². The van der Waals surface area contributed by atoms with Gasteiger partial charge in [-0.2, -0.15) is 0 Å². The largest absolute Gasteiger partial charge is 0.383 e. The molecule has 0 radical (unpaired) electrons. The van der Waals surface area contributed by atoms with Crippen LogP contribution >= 0.6 is 0 Å². The van der Waals surface area contributed by atoms with Crippen molar-refractivity contribution in [2.45, 2.75) is 52.1 Å². The number of nitrogens with two attached hydrogens (primary N) is 1. The van der Waals surface area contributed by atoms with Crippen LogP contribution in [0.1, 0.15) is 40.5 Å². The summed E-state index contributed by atoms with van der Waals surface area (Å²) < 4.78 is 10.5. The predicted molar refractivity (Wildman–Crippen MR) is 81.5 cm³/mol. The van der Waals surface area contributed by atoms with Gasteiger partial charge in [0.2, 0.25) is 0 Å². The summed E-state index contributed by atoms with van der Waals surface area (Å²) in [5, 5.41) is 0. The van der Waals surface area contributed by atoms with Gasteiger partial charge in [0.1, 0.15) is 0 Å². The fourth-order valence-electron chi connectivity index (χ4n) is 2.51. The van der Waals surface area contributed by atoms with E-state index in [0.717, 1.165) is 26.2 Å². The van der Waals surface area contributed by atoms with Crippen LogP contribution in [0.3, 0.4) is 0 Å². The van der Waals surface area contributed by atoms with Gasteiger partial charge in [0.15, 0.2) is 0 Å². The number of hydrogen-bond donors (Lipinski definition) is 1. The van der Waals surface area contributed by atoms with Crippen molar-refractivity contribution < 1.29 is 9.47 Å². The lowest BCUT2D eigenvalue weighted by Gasteiger charge is -2.44. The maximum absolute atomic E-state index is 6.08. The Balaban J connectivity index is 4.81. The predicted octanol–water partition coefficient (Wildman–Crippen LogP) is 2.12. The molecule has 0 saturated heterocycles. The molecule has 4 heteroatoms. The third-order valence-electron chi connectivity index (χ3n) is 3.87. The second kappa shape index (κ2) is 9.70. The quantitative estimate of drug-likeness (QED) is 0.627. The number of nitrogens with zero attached hydrogens (tertiary/aromatic N) is 1. The Morgan fingerprint density at radius 1 is 1.16 bits per heavy atom. The molecule has 0 aromatic carbocycles. The third kappa shape index (κ3) is 6.70. The van der Waals surface area contributed by atoms with E-state index >= 15 is 0 Å². The molecule has 0 aliphatic carbocycles. The van der Waals surface area contributed by atoms with Crippen LogP contribution in [0.5, 0.6) is 0 Å². The van der Waals surface area contributed by atoms with E-state index in [0.29, 0.717) is 18.5 Å². The first-order chi connectivity index (χ1) is 8.91. The average molecular weight is 274 g/mol. The van der Waals surface area contributed by atoms with E-state index in [1.54, 1.807) is 14.2 Å². The lowest BCUT2D eigenvalue weighted by atomic mass is 9.89. The fraction of sp³-hybridized carbons (Fsp3) is 1.00. The van der Waals surface area contributed by atoms with Crippen LogP contribution in [0, 0.1) is 5.92 Å². The van der Waals surface area contributed by atoms with Crippen molar-refractivity contribution in [1.29, 1.82) is 0 Å². The lowest BCUT2D eigenvalue weighted by Crippen LogP contribution is -2.57. The van der Waals surface area contributed by atoms with E-state index in [2.05, 4.69) is 32.6 Å².